The van der Waals surface area contributed by atoms with Crippen molar-refractivity contribution in [1.82, 2.24) is 4.83 Å². The van der Waals surface area contributed by atoms with Crippen LogP contribution in [0.3, 0.4) is 0 Å². The van der Waals surface area contributed by atoms with Gasteiger partial charge in [0.05, 0.1) is 4.90 Å². The Bertz CT molecular complexity index is 1140. The van der Waals surface area contributed by atoms with Gasteiger partial charge in [-0.05, 0) is 98.6 Å². The van der Waals surface area contributed by atoms with Crippen LogP contribution >= 0.6 is 0 Å². The molecule has 0 heterocycles. The first-order valence-electron chi connectivity index (χ1n) is 11.3. The third kappa shape index (κ3) is 3.45. The number of nitrogens with one attached hydrogen (secondary N) is 1. The first-order chi connectivity index (χ1) is 14.8. The minimum absolute atomic E-state index is 0.0502. The molecule has 0 bridgehead atoms. The van der Waals surface area contributed by atoms with Crippen LogP contribution in [0.1, 0.15) is 61.6 Å². The van der Waals surface area contributed by atoms with Gasteiger partial charge in [0.15, 0.2) is 0 Å². The number of phenols is 1. The molecule has 0 radical (unpaired) electrons. The van der Waals surface area contributed by atoms with Crippen LogP contribution in [0.15, 0.2) is 52.5 Å². The van der Waals surface area contributed by atoms with Gasteiger partial charge < -0.3 is 5.11 Å². The Morgan fingerprint density at radius 1 is 1.06 bits per heavy atom. The van der Waals surface area contributed by atoms with Crippen LogP contribution in [0.2, 0.25) is 0 Å². The van der Waals surface area contributed by atoms with E-state index in [4.69, 9.17) is 0 Å². The molecule has 0 amide bonds. The van der Waals surface area contributed by atoms with Gasteiger partial charge in [-0.25, -0.2) is 4.83 Å². The van der Waals surface area contributed by atoms with Crippen LogP contribution in [0, 0.1) is 24.2 Å². The number of hydrogen-bond donors (Lipinski definition) is 2. The number of sulfonamides is 1. The maximum atomic E-state index is 12.7. The van der Waals surface area contributed by atoms with Gasteiger partial charge in [0.1, 0.15) is 5.75 Å². The average molecular weight is 439 g/mol. The van der Waals surface area contributed by atoms with Crippen molar-refractivity contribution in [3.05, 3.63) is 59.2 Å². The molecule has 164 valence electrons. The molecule has 0 spiro atoms. The normalized spacial score (nSPS) is 31.0. The van der Waals surface area contributed by atoms with E-state index in [2.05, 4.69) is 22.9 Å². The number of aromatic hydroxyl groups is 1. The average Bonchev–Trinajstić information content (AvgIpc) is 3.08. The third-order valence-electron chi connectivity index (χ3n) is 8.08. The Balaban J connectivity index is 1.38. The van der Waals surface area contributed by atoms with E-state index in [-0.39, 0.29) is 10.3 Å². The fourth-order valence-electron chi connectivity index (χ4n) is 6.43. The monoisotopic (exact) mass is 438 g/mol. The molecule has 0 aromatic heterocycles. The van der Waals surface area contributed by atoms with Crippen molar-refractivity contribution in [3.63, 3.8) is 0 Å². The minimum Gasteiger partial charge on any atom is -0.508 e. The summed E-state index contributed by atoms with van der Waals surface area (Å²) in [6.07, 6.45) is 6.15. The van der Waals surface area contributed by atoms with Crippen molar-refractivity contribution in [2.75, 3.05) is 0 Å². The molecule has 6 heteroatoms. The number of aryl methyl sites for hydroxylation is 2. The van der Waals surface area contributed by atoms with Gasteiger partial charge in [-0.3, -0.25) is 0 Å². The maximum Gasteiger partial charge on any atom is 0.276 e. The molecule has 3 aliphatic rings. The predicted molar refractivity (Wildman–Crippen MR) is 122 cm³/mol. The topological polar surface area (TPSA) is 78.8 Å². The second-order valence-electron chi connectivity index (χ2n) is 9.76. The van der Waals surface area contributed by atoms with Crippen molar-refractivity contribution in [2.24, 2.45) is 22.4 Å². The van der Waals surface area contributed by atoms with Crippen LogP contribution in [-0.2, 0) is 16.4 Å². The van der Waals surface area contributed by atoms with E-state index in [1.54, 1.807) is 24.3 Å². The number of hydrogen-bond acceptors (Lipinski definition) is 4. The SMILES string of the molecule is Cc1ccc(S(=O)(=O)N/N=C2/CC[C@H]3[C@H]4CCc5cc(O)ccc5[C@@H]4CC[C@]23C)cc1. The number of phenolic OH excluding ortho intramolecular Hbond substituents is 1. The fourth-order valence-corrected chi connectivity index (χ4v) is 7.26. The number of nitrogens with zero attached hydrogens (tertiary/aromatic N) is 1. The Kier molecular flexibility index (Phi) is 4.88. The molecule has 3 aliphatic carbocycles. The van der Waals surface area contributed by atoms with E-state index in [0.29, 0.717) is 23.5 Å². The molecule has 5 rings (SSSR count). The van der Waals surface area contributed by atoms with Crippen molar-refractivity contribution >= 4 is 15.7 Å². The van der Waals surface area contributed by atoms with E-state index < -0.39 is 10.0 Å². The van der Waals surface area contributed by atoms with Crippen molar-refractivity contribution < 1.29 is 13.5 Å². The highest BCUT2D eigenvalue weighted by Gasteiger charge is 2.53. The lowest BCUT2D eigenvalue weighted by Crippen LogP contribution is -2.43. The second kappa shape index (κ2) is 7.37. The quantitative estimate of drug-likeness (QED) is 0.670. The Morgan fingerprint density at radius 3 is 2.61 bits per heavy atom. The fraction of sp³-hybridized carbons (Fsp3) is 0.480. The van der Waals surface area contributed by atoms with E-state index in [0.717, 1.165) is 49.8 Å². The predicted octanol–water partition coefficient (Wildman–Crippen LogP) is 4.89. The van der Waals surface area contributed by atoms with Crippen molar-refractivity contribution in [1.29, 1.82) is 0 Å². The number of fused-ring (bicyclic) bond motifs is 5. The summed E-state index contributed by atoms with van der Waals surface area (Å²) in [5.74, 6) is 2.01. The van der Waals surface area contributed by atoms with Gasteiger partial charge in [0.2, 0.25) is 0 Å². The summed E-state index contributed by atoms with van der Waals surface area (Å²) in [6, 6.07) is 12.7. The number of hydrazone groups is 1. The van der Waals surface area contributed by atoms with Crippen LogP contribution < -0.4 is 4.83 Å². The number of rotatable bonds is 3. The van der Waals surface area contributed by atoms with Crippen LogP contribution in [0.4, 0.5) is 0 Å². The lowest BCUT2D eigenvalue weighted by atomic mass is 9.55. The molecule has 2 aromatic carbocycles. The molecule has 0 unspecified atom stereocenters. The molecule has 5 nitrogen and oxygen atoms in total. The van der Waals surface area contributed by atoms with Crippen LogP contribution in [-0.4, -0.2) is 19.2 Å². The largest absolute Gasteiger partial charge is 0.508 e. The van der Waals surface area contributed by atoms with Crippen LogP contribution in [0.5, 0.6) is 5.75 Å². The first-order valence-corrected chi connectivity index (χ1v) is 12.7. The molecule has 0 saturated heterocycles. The van der Waals surface area contributed by atoms with Gasteiger partial charge in [-0.1, -0.05) is 30.7 Å². The van der Waals surface area contributed by atoms with E-state index >= 15 is 0 Å². The zero-order chi connectivity index (χ0) is 21.8. The summed E-state index contributed by atoms with van der Waals surface area (Å²) in [5.41, 5.74) is 4.68. The Labute approximate surface area is 184 Å². The van der Waals surface area contributed by atoms with Gasteiger partial charge in [-0.15, -0.1) is 0 Å². The minimum atomic E-state index is -3.66. The van der Waals surface area contributed by atoms with Gasteiger partial charge in [0, 0.05) is 11.1 Å². The lowest BCUT2D eigenvalue weighted by Gasteiger charge is -2.49. The summed E-state index contributed by atoms with van der Waals surface area (Å²) in [7, 11) is -3.66. The summed E-state index contributed by atoms with van der Waals surface area (Å²) >= 11 is 0. The highest BCUT2D eigenvalue weighted by atomic mass is 32.2. The standard InChI is InChI=1S/C25H30N2O3S/c1-16-3-7-19(8-4-16)31(29,30)27-26-24-12-11-23-22-9-5-17-15-18(28)6-10-20(17)21(22)13-14-25(23,24)2/h3-4,6-8,10,15,21-23,27-28H,5,9,11-14H2,1-2H3/b26-24-/t21-,22-,23-,25-/m0/s1. The maximum absolute atomic E-state index is 12.7. The Hall–Kier alpha value is -2.34. The molecule has 31 heavy (non-hydrogen) atoms. The molecule has 2 saturated carbocycles. The third-order valence-corrected chi connectivity index (χ3v) is 9.31. The highest BCUT2D eigenvalue weighted by Crippen LogP contribution is 2.59. The molecule has 2 N–H and O–H groups in total. The van der Waals surface area contributed by atoms with E-state index in [1.165, 1.54) is 11.1 Å². The smallest absolute Gasteiger partial charge is 0.276 e. The van der Waals surface area contributed by atoms with Gasteiger partial charge in [-0.2, -0.15) is 13.5 Å². The zero-order valence-electron chi connectivity index (χ0n) is 18.1. The highest BCUT2D eigenvalue weighted by molar-refractivity contribution is 7.89. The molecular formula is C25H30N2O3S. The summed E-state index contributed by atoms with van der Waals surface area (Å²) in [5, 5.41) is 14.3. The van der Waals surface area contributed by atoms with Crippen molar-refractivity contribution in [3.8, 4) is 5.75 Å². The zero-order valence-corrected chi connectivity index (χ0v) is 19.0. The van der Waals surface area contributed by atoms with Crippen LogP contribution in [0.25, 0.3) is 0 Å². The second-order valence-corrected chi connectivity index (χ2v) is 11.4. The molecule has 2 aromatic rings. The van der Waals surface area contributed by atoms with Crippen molar-refractivity contribution in [2.45, 2.75) is 63.2 Å². The Morgan fingerprint density at radius 2 is 1.84 bits per heavy atom. The molecule has 2 fully saturated rings. The summed E-state index contributed by atoms with van der Waals surface area (Å²) in [4.78, 5) is 2.77. The van der Waals surface area contributed by atoms with Gasteiger partial charge in [0.25, 0.3) is 10.0 Å². The number of benzene rings is 2. The van der Waals surface area contributed by atoms with E-state index in [1.807, 2.05) is 19.1 Å². The van der Waals surface area contributed by atoms with E-state index in [9.17, 15) is 13.5 Å². The first kappa shape index (κ1) is 20.6. The molecular weight excluding hydrogens is 408 g/mol. The lowest BCUT2D eigenvalue weighted by molar-refractivity contribution is 0.0954. The van der Waals surface area contributed by atoms with Gasteiger partial charge >= 0.3 is 0 Å². The summed E-state index contributed by atoms with van der Waals surface area (Å²) in [6.45, 7) is 4.22. The molecule has 0 aliphatic heterocycles. The molecule has 4 atom stereocenters. The summed E-state index contributed by atoms with van der Waals surface area (Å²) < 4.78 is 25.4.